The predicted octanol–water partition coefficient (Wildman–Crippen LogP) is 1.82. The molecule has 2 N–H and O–H groups in total. The second kappa shape index (κ2) is 5.74. The highest BCUT2D eigenvalue weighted by atomic mass is 16.3. The molecular formula is C14H24N4O. The zero-order valence-corrected chi connectivity index (χ0v) is 12.1. The molecule has 2 rings (SSSR count). The number of anilines is 2. The van der Waals surface area contributed by atoms with Crippen LogP contribution in [0.4, 0.5) is 11.6 Å². The first-order valence-electron chi connectivity index (χ1n) is 7.12. The van der Waals surface area contributed by atoms with Crippen LogP contribution >= 0.6 is 0 Å². The Kier molecular flexibility index (Phi) is 4.24. The van der Waals surface area contributed by atoms with Gasteiger partial charge in [0, 0.05) is 25.2 Å². The summed E-state index contributed by atoms with van der Waals surface area (Å²) < 4.78 is 0. The van der Waals surface area contributed by atoms with Crippen LogP contribution in [0.2, 0.25) is 0 Å². The van der Waals surface area contributed by atoms with E-state index in [1.54, 1.807) is 6.33 Å². The predicted molar refractivity (Wildman–Crippen MR) is 77.6 cm³/mol. The minimum atomic E-state index is -0.527. The molecule has 5 nitrogen and oxygen atoms in total. The van der Waals surface area contributed by atoms with E-state index in [0.717, 1.165) is 50.5 Å². The molecular weight excluding hydrogens is 240 g/mol. The van der Waals surface area contributed by atoms with Gasteiger partial charge in [-0.3, -0.25) is 0 Å². The van der Waals surface area contributed by atoms with Crippen molar-refractivity contribution < 1.29 is 5.11 Å². The highest BCUT2D eigenvalue weighted by molar-refractivity contribution is 5.59. The second-order valence-corrected chi connectivity index (χ2v) is 5.39. The lowest BCUT2D eigenvalue weighted by Gasteiger charge is -2.37. The fraction of sp³-hybridized carbons (Fsp3) is 0.714. The highest BCUT2D eigenvalue weighted by Crippen LogP contribution is 2.29. The molecule has 1 aliphatic heterocycles. The van der Waals surface area contributed by atoms with Crippen molar-refractivity contribution in [3.05, 3.63) is 11.9 Å². The molecule has 0 spiro atoms. The summed E-state index contributed by atoms with van der Waals surface area (Å²) in [5.74, 6) is 1.95. The Balaban J connectivity index is 2.22. The molecule has 1 aliphatic rings. The minimum Gasteiger partial charge on any atom is -0.390 e. The molecule has 1 aromatic heterocycles. The van der Waals surface area contributed by atoms with E-state index in [0.29, 0.717) is 0 Å². The Labute approximate surface area is 115 Å². The zero-order valence-electron chi connectivity index (χ0n) is 12.1. The first kappa shape index (κ1) is 14.1. The molecule has 1 aromatic rings. The Morgan fingerprint density at radius 2 is 2.00 bits per heavy atom. The Hall–Kier alpha value is -1.36. The van der Waals surface area contributed by atoms with E-state index < -0.39 is 5.60 Å². The van der Waals surface area contributed by atoms with E-state index in [1.807, 2.05) is 6.92 Å². The summed E-state index contributed by atoms with van der Waals surface area (Å²) in [4.78, 5) is 11.0. The normalized spacial score (nSPS) is 18.4. The number of aliphatic hydroxyl groups is 1. The number of hydrogen-bond donors (Lipinski definition) is 2. The van der Waals surface area contributed by atoms with Crippen molar-refractivity contribution in [3.8, 4) is 0 Å². The van der Waals surface area contributed by atoms with Crippen LogP contribution < -0.4 is 10.2 Å². The number of rotatable bonds is 4. The molecule has 0 atom stereocenters. The first-order valence-corrected chi connectivity index (χ1v) is 7.12. The fourth-order valence-electron chi connectivity index (χ4n) is 2.52. The van der Waals surface area contributed by atoms with Gasteiger partial charge in [-0.15, -0.1) is 0 Å². The van der Waals surface area contributed by atoms with Crippen molar-refractivity contribution in [1.82, 2.24) is 9.97 Å². The topological polar surface area (TPSA) is 61.3 Å². The second-order valence-electron chi connectivity index (χ2n) is 5.39. The Bertz CT molecular complexity index is 423. The summed E-state index contributed by atoms with van der Waals surface area (Å²) >= 11 is 0. The van der Waals surface area contributed by atoms with Gasteiger partial charge in [0.1, 0.15) is 18.0 Å². The van der Waals surface area contributed by atoms with Crippen LogP contribution in [-0.2, 0) is 6.42 Å². The Morgan fingerprint density at radius 3 is 2.58 bits per heavy atom. The van der Waals surface area contributed by atoms with Crippen molar-refractivity contribution in [2.45, 2.75) is 45.6 Å². The van der Waals surface area contributed by atoms with Crippen LogP contribution in [0.5, 0.6) is 0 Å². The van der Waals surface area contributed by atoms with E-state index in [-0.39, 0.29) is 0 Å². The third kappa shape index (κ3) is 3.15. The lowest BCUT2D eigenvalue weighted by atomic mass is 9.93. The SMILES string of the molecule is CCNc1ncnc(N2CCC(C)(O)CC2)c1CC. The maximum atomic E-state index is 10.0. The van der Waals surface area contributed by atoms with E-state index in [1.165, 1.54) is 5.56 Å². The summed E-state index contributed by atoms with van der Waals surface area (Å²) in [6.07, 6.45) is 4.11. The van der Waals surface area contributed by atoms with Gasteiger partial charge in [0.05, 0.1) is 5.60 Å². The minimum absolute atomic E-state index is 0.527. The molecule has 0 aromatic carbocycles. The lowest BCUT2D eigenvalue weighted by Crippen LogP contribution is -2.43. The smallest absolute Gasteiger partial charge is 0.137 e. The number of nitrogens with zero attached hydrogens (tertiary/aromatic N) is 3. The third-order valence-electron chi connectivity index (χ3n) is 3.76. The van der Waals surface area contributed by atoms with Gasteiger partial charge in [-0.25, -0.2) is 9.97 Å². The molecule has 0 aliphatic carbocycles. The molecule has 1 saturated heterocycles. The third-order valence-corrected chi connectivity index (χ3v) is 3.76. The van der Waals surface area contributed by atoms with Crippen molar-refractivity contribution in [3.63, 3.8) is 0 Å². The molecule has 0 radical (unpaired) electrons. The van der Waals surface area contributed by atoms with Crippen molar-refractivity contribution in [2.24, 2.45) is 0 Å². The van der Waals surface area contributed by atoms with Crippen molar-refractivity contribution in [1.29, 1.82) is 0 Å². The van der Waals surface area contributed by atoms with Crippen LogP contribution in [0.15, 0.2) is 6.33 Å². The average Bonchev–Trinajstić information content (AvgIpc) is 2.39. The van der Waals surface area contributed by atoms with Gasteiger partial charge in [-0.05, 0) is 33.1 Å². The van der Waals surface area contributed by atoms with Crippen molar-refractivity contribution in [2.75, 3.05) is 29.9 Å². The van der Waals surface area contributed by atoms with Gasteiger partial charge in [-0.1, -0.05) is 6.92 Å². The highest BCUT2D eigenvalue weighted by Gasteiger charge is 2.29. The molecule has 5 heteroatoms. The Morgan fingerprint density at radius 1 is 1.32 bits per heavy atom. The number of nitrogens with one attached hydrogen (secondary N) is 1. The summed E-state index contributed by atoms with van der Waals surface area (Å²) in [6, 6.07) is 0. The fourth-order valence-corrected chi connectivity index (χ4v) is 2.52. The van der Waals surface area contributed by atoms with E-state index in [2.05, 4.69) is 34.0 Å². The van der Waals surface area contributed by atoms with Crippen LogP contribution in [0.1, 0.15) is 39.2 Å². The van der Waals surface area contributed by atoms with Crippen LogP contribution in [0, 0.1) is 0 Å². The maximum Gasteiger partial charge on any atom is 0.137 e. The molecule has 0 bridgehead atoms. The molecule has 2 heterocycles. The van der Waals surface area contributed by atoms with Gasteiger partial charge in [-0.2, -0.15) is 0 Å². The molecule has 1 fully saturated rings. The van der Waals surface area contributed by atoms with Gasteiger partial charge in [0.15, 0.2) is 0 Å². The van der Waals surface area contributed by atoms with Crippen LogP contribution in [0.25, 0.3) is 0 Å². The standard InChI is InChI=1S/C14H24N4O/c1-4-11-12(15-5-2)16-10-17-13(11)18-8-6-14(3,19)7-9-18/h10,19H,4-9H2,1-3H3,(H,15,16,17). The zero-order chi connectivity index (χ0) is 13.9. The van der Waals surface area contributed by atoms with Crippen molar-refractivity contribution >= 4 is 11.6 Å². The monoisotopic (exact) mass is 264 g/mol. The first-order chi connectivity index (χ1) is 9.07. The lowest BCUT2D eigenvalue weighted by molar-refractivity contribution is 0.0350. The quantitative estimate of drug-likeness (QED) is 0.868. The number of hydrogen-bond acceptors (Lipinski definition) is 5. The van der Waals surface area contributed by atoms with E-state index in [9.17, 15) is 5.11 Å². The van der Waals surface area contributed by atoms with Gasteiger partial charge >= 0.3 is 0 Å². The maximum absolute atomic E-state index is 10.0. The van der Waals surface area contributed by atoms with Crippen LogP contribution in [0.3, 0.4) is 0 Å². The average molecular weight is 264 g/mol. The largest absolute Gasteiger partial charge is 0.390 e. The van der Waals surface area contributed by atoms with E-state index >= 15 is 0 Å². The molecule has 106 valence electrons. The summed E-state index contributed by atoms with van der Waals surface area (Å²) in [6.45, 7) is 8.67. The van der Waals surface area contributed by atoms with Gasteiger partial charge in [0.25, 0.3) is 0 Å². The number of piperidine rings is 1. The summed E-state index contributed by atoms with van der Waals surface area (Å²) in [5.41, 5.74) is 0.645. The molecule has 0 saturated carbocycles. The molecule has 0 unspecified atom stereocenters. The molecule has 0 amide bonds. The summed E-state index contributed by atoms with van der Waals surface area (Å²) in [7, 11) is 0. The number of aromatic nitrogens is 2. The van der Waals surface area contributed by atoms with E-state index in [4.69, 9.17) is 0 Å². The van der Waals surface area contributed by atoms with Gasteiger partial charge in [0.2, 0.25) is 0 Å². The van der Waals surface area contributed by atoms with Crippen LogP contribution in [-0.4, -0.2) is 40.3 Å². The summed E-state index contributed by atoms with van der Waals surface area (Å²) in [5, 5.41) is 13.3. The van der Waals surface area contributed by atoms with Gasteiger partial charge < -0.3 is 15.3 Å². The molecule has 19 heavy (non-hydrogen) atoms.